The van der Waals surface area contributed by atoms with E-state index in [9.17, 15) is 4.79 Å². The first-order chi connectivity index (χ1) is 13.1. The fourth-order valence-electron chi connectivity index (χ4n) is 2.97. The number of hydrogen-bond acceptors (Lipinski definition) is 2. The van der Waals surface area contributed by atoms with Gasteiger partial charge in [0.15, 0.2) is 0 Å². The number of carbonyl (C=O) groups excluding carboxylic acids is 1. The van der Waals surface area contributed by atoms with Gasteiger partial charge in [0.1, 0.15) is 5.82 Å². The highest BCUT2D eigenvalue weighted by Gasteiger charge is 2.09. The second-order valence-electron chi connectivity index (χ2n) is 6.34. The Morgan fingerprint density at radius 1 is 0.852 bits per heavy atom. The summed E-state index contributed by atoms with van der Waals surface area (Å²) in [5, 5.41) is 4.36. The van der Waals surface area contributed by atoms with Crippen molar-refractivity contribution in [3.8, 4) is 22.3 Å². The summed E-state index contributed by atoms with van der Waals surface area (Å²) in [5.74, 6) is 0.394. The Hall–Kier alpha value is -3.17. The largest absolute Gasteiger partial charge is 0.311 e. The molecule has 3 nitrogen and oxygen atoms in total. The SMILES string of the molecule is CC(=O)Nc1cc(-c2ccccc2)c2cc(Cl)ccc2n1.c1cc2cc-2c1. The molecule has 132 valence electrons. The van der Waals surface area contributed by atoms with Gasteiger partial charge in [-0.15, -0.1) is 0 Å². The van der Waals surface area contributed by atoms with Crippen LogP contribution in [0.3, 0.4) is 0 Å². The lowest BCUT2D eigenvalue weighted by molar-refractivity contribution is -0.114. The lowest BCUT2D eigenvalue weighted by atomic mass is 10.0. The Morgan fingerprint density at radius 2 is 1.56 bits per heavy atom. The molecule has 2 aliphatic rings. The first-order valence-corrected chi connectivity index (χ1v) is 9.02. The van der Waals surface area contributed by atoms with Crippen LogP contribution in [0, 0.1) is 0 Å². The molecule has 0 aliphatic heterocycles. The average Bonchev–Trinajstić information content (AvgIpc) is 3.27. The van der Waals surface area contributed by atoms with Crippen LogP contribution in [0.4, 0.5) is 5.82 Å². The standard InChI is InChI=1S/C17H13ClN2O.C6H4/c1-11(21)19-17-10-14(12-5-3-2-4-6-12)15-9-13(18)7-8-16(15)20-17;1-2-5-4-6(5)3-1/h2-10H,1H3,(H,19,20,21);1-4H. The first kappa shape index (κ1) is 17.3. The number of rotatable bonds is 2. The third kappa shape index (κ3) is 3.99. The molecule has 4 heteroatoms. The zero-order chi connectivity index (χ0) is 18.8. The second kappa shape index (κ2) is 7.22. The molecule has 0 saturated heterocycles. The van der Waals surface area contributed by atoms with Gasteiger partial charge in [0, 0.05) is 17.3 Å². The molecule has 0 spiro atoms. The van der Waals surface area contributed by atoms with E-state index in [4.69, 9.17) is 11.6 Å². The van der Waals surface area contributed by atoms with Gasteiger partial charge in [-0.25, -0.2) is 4.98 Å². The number of amides is 1. The summed E-state index contributed by atoms with van der Waals surface area (Å²) in [6.45, 7) is 1.47. The molecule has 0 bridgehead atoms. The van der Waals surface area contributed by atoms with Gasteiger partial charge in [0.05, 0.1) is 5.52 Å². The number of benzene rings is 3. The predicted octanol–water partition coefficient (Wildman–Crippen LogP) is 6.18. The summed E-state index contributed by atoms with van der Waals surface area (Å²) in [6, 6.07) is 25.9. The van der Waals surface area contributed by atoms with E-state index in [0.717, 1.165) is 22.0 Å². The van der Waals surface area contributed by atoms with Gasteiger partial charge in [0.2, 0.25) is 5.91 Å². The smallest absolute Gasteiger partial charge is 0.222 e. The molecular formula is C23H17ClN2O. The Kier molecular flexibility index (Phi) is 4.61. The van der Waals surface area contributed by atoms with Crippen molar-refractivity contribution in [2.24, 2.45) is 0 Å². The van der Waals surface area contributed by atoms with E-state index < -0.39 is 0 Å². The lowest BCUT2D eigenvalue weighted by Crippen LogP contribution is -2.07. The molecule has 27 heavy (non-hydrogen) atoms. The summed E-state index contributed by atoms with van der Waals surface area (Å²) in [5.41, 5.74) is 5.69. The number of nitrogens with one attached hydrogen (secondary N) is 1. The van der Waals surface area contributed by atoms with Crippen molar-refractivity contribution in [1.82, 2.24) is 4.98 Å². The van der Waals surface area contributed by atoms with Gasteiger partial charge in [-0.2, -0.15) is 0 Å². The Labute approximate surface area is 162 Å². The Balaban J connectivity index is 0.000000250. The van der Waals surface area contributed by atoms with Gasteiger partial charge in [0.25, 0.3) is 0 Å². The molecule has 0 atom stereocenters. The molecule has 0 radical (unpaired) electrons. The van der Waals surface area contributed by atoms with E-state index in [0.29, 0.717) is 10.8 Å². The summed E-state index contributed by atoms with van der Waals surface area (Å²) in [4.78, 5) is 15.7. The quantitative estimate of drug-likeness (QED) is 0.402. The summed E-state index contributed by atoms with van der Waals surface area (Å²) in [6.07, 6.45) is 0. The lowest BCUT2D eigenvalue weighted by Gasteiger charge is -2.10. The molecule has 1 aromatic heterocycles. The monoisotopic (exact) mass is 372 g/mol. The topological polar surface area (TPSA) is 42.0 Å². The van der Waals surface area contributed by atoms with Crippen LogP contribution < -0.4 is 5.32 Å². The van der Waals surface area contributed by atoms with Crippen LogP contribution in [0.15, 0.2) is 78.9 Å². The molecule has 1 heterocycles. The molecule has 0 unspecified atom stereocenters. The minimum Gasteiger partial charge on any atom is -0.311 e. The maximum atomic E-state index is 11.3. The first-order valence-electron chi connectivity index (χ1n) is 8.64. The molecule has 2 aromatic carbocycles. The molecule has 2 aliphatic carbocycles. The number of halogens is 1. The van der Waals surface area contributed by atoms with Crippen LogP contribution in [0.25, 0.3) is 33.2 Å². The third-order valence-corrected chi connectivity index (χ3v) is 4.51. The molecule has 5 rings (SSSR count). The number of fused-ring (bicyclic) bond motifs is 2. The van der Waals surface area contributed by atoms with Crippen molar-refractivity contribution in [3.63, 3.8) is 0 Å². The van der Waals surface area contributed by atoms with Crippen LogP contribution in [0.2, 0.25) is 5.02 Å². The van der Waals surface area contributed by atoms with Gasteiger partial charge < -0.3 is 5.32 Å². The van der Waals surface area contributed by atoms with Crippen LogP contribution >= 0.6 is 11.6 Å². The maximum Gasteiger partial charge on any atom is 0.222 e. The summed E-state index contributed by atoms with van der Waals surface area (Å²) < 4.78 is 0. The van der Waals surface area contributed by atoms with Crippen molar-refractivity contribution in [3.05, 3.63) is 83.9 Å². The van der Waals surface area contributed by atoms with Crippen molar-refractivity contribution in [2.75, 3.05) is 5.32 Å². The molecule has 0 fully saturated rings. The minimum absolute atomic E-state index is 0.144. The number of pyridine rings is 1. The third-order valence-electron chi connectivity index (χ3n) is 4.27. The number of hydrogen-bond donors (Lipinski definition) is 1. The maximum absolute atomic E-state index is 11.3. The van der Waals surface area contributed by atoms with E-state index in [1.807, 2.05) is 48.5 Å². The van der Waals surface area contributed by atoms with Crippen LogP contribution in [-0.4, -0.2) is 10.9 Å². The van der Waals surface area contributed by atoms with Gasteiger partial charge in [-0.05, 0) is 52.6 Å². The molecule has 3 aromatic rings. The Morgan fingerprint density at radius 3 is 2.15 bits per heavy atom. The van der Waals surface area contributed by atoms with Crippen LogP contribution in [0.1, 0.15) is 6.92 Å². The minimum atomic E-state index is -0.144. The number of carbonyl (C=O) groups is 1. The van der Waals surface area contributed by atoms with Gasteiger partial charge in [-0.3, -0.25) is 4.79 Å². The molecule has 0 saturated carbocycles. The zero-order valence-corrected chi connectivity index (χ0v) is 15.5. The van der Waals surface area contributed by atoms with Gasteiger partial charge in [-0.1, -0.05) is 60.1 Å². The fraction of sp³-hybridized carbons (Fsp3) is 0.0435. The normalized spacial score (nSPS) is 10.7. The van der Waals surface area contributed by atoms with Crippen LogP contribution in [-0.2, 0) is 4.79 Å². The van der Waals surface area contributed by atoms with Gasteiger partial charge >= 0.3 is 0 Å². The highest BCUT2D eigenvalue weighted by Crippen LogP contribution is 2.33. The number of nitrogens with zero attached hydrogens (tertiary/aromatic N) is 1. The predicted molar refractivity (Wildman–Crippen MR) is 112 cm³/mol. The van der Waals surface area contributed by atoms with Crippen molar-refractivity contribution < 1.29 is 4.79 Å². The number of aromatic nitrogens is 1. The Bertz CT molecular complexity index is 1120. The highest BCUT2D eigenvalue weighted by atomic mass is 35.5. The summed E-state index contributed by atoms with van der Waals surface area (Å²) in [7, 11) is 0. The molecule has 1 N–H and O–H groups in total. The zero-order valence-electron chi connectivity index (χ0n) is 14.7. The van der Waals surface area contributed by atoms with E-state index in [-0.39, 0.29) is 5.91 Å². The van der Waals surface area contributed by atoms with Crippen LogP contribution in [0.5, 0.6) is 0 Å². The highest BCUT2D eigenvalue weighted by molar-refractivity contribution is 6.31. The van der Waals surface area contributed by atoms with E-state index in [1.165, 1.54) is 18.1 Å². The second-order valence-corrected chi connectivity index (χ2v) is 6.78. The van der Waals surface area contributed by atoms with E-state index in [2.05, 4.69) is 34.6 Å². The fourth-order valence-corrected chi connectivity index (χ4v) is 3.15. The number of anilines is 1. The van der Waals surface area contributed by atoms with Crippen molar-refractivity contribution in [1.29, 1.82) is 0 Å². The average molecular weight is 373 g/mol. The van der Waals surface area contributed by atoms with Crippen molar-refractivity contribution >= 4 is 34.2 Å². The molecule has 1 amide bonds. The van der Waals surface area contributed by atoms with E-state index in [1.54, 1.807) is 6.07 Å². The van der Waals surface area contributed by atoms with E-state index >= 15 is 0 Å². The van der Waals surface area contributed by atoms with Crippen molar-refractivity contribution in [2.45, 2.75) is 6.92 Å². The summed E-state index contributed by atoms with van der Waals surface area (Å²) >= 11 is 6.10. The molecular weight excluding hydrogens is 356 g/mol.